The summed E-state index contributed by atoms with van der Waals surface area (Å²) in [7, 11) is 0. The van der Waals surface area contributed by atoms with Crippen molar-refractivity contribution in [3.8, 4) is 6.07 Å². The summed E-state index contributed by atoms with van der Waals surface area (Å²) >= 11 is 24.6. The van der Waals surface area contributed by atoms with E-state index in [0.717, 1.165) is 17.6 Å². The molecule has 0 spiro atoms. The minimum Gasteiger partial charge on any atom is -0.454 e. The minimum absolute atomic E-state index is 0.102. The van der Waals surface area contributed by atoms with Gasteiger partial charge in [0.2, 0.25) is 0 Å². The molecule has 43 heavy (non-hydrogen) atoms. The third-order valence-electron chi connectivity index (χ3n) is 9.24. The van der Waals surface area contributed by atoms with E-state index in [2.05, 4.69) is 13.0 Å². The second-order valence-corrected chi connectivity index (χ2v) is 13.5. The maximum atomic E-state index is 13.5. The Hall–Kier alpha value is -2.82. The van der Waals surface area contributed by atoms with Crippen molar-refractivity contribution in [1.82, 2.24) is 4.90 Å². The highest BCUT2D eigenvalue weighted by atomic mass is 35.5. The van der Waals surface area contributed by atoms with Crippen LogP contribution in [0.4, 0.5) is 0 Å². The number of rotatable bonds is 5. The Bertz CT molecular complexity index is 1560. The quantitative estimate of drug-likeness (QED) is 0.182. The molecule has 224 valence electrons. The zero-order valence-corrected chi connectivity index (χ0v) is 26.7. The van der Waals surface area contributed by atoms with E-state index in [-0.39, 0.29) is 35.4 Å². The number of hydrogen-bond acceptors (Lipinski definition) is 5. The molecule has 0 bridgehead atoms. The smallest absolute Gasteiger partial charge is 0.338 e. The Morgan fingerprint density at radius 2 is 1.63 bits per heavy atom. The molecule has 2 aromatic carbocycles. The minimum atomic E-state index is -0.605. The fraction of sp³-hybridized carbons (Fsp3) is 0.394. The molecule has 5 atom stereocenters. The Balaban J connectivity index is 1.51. The summed E-state index contributed by atoms with van der Waals surface area (Å²) in [4.78, 5) is 41.7. The molecule has 2 amide bonds. The van der Waals surface area contributed by atoms with E-state index in [1.807, 2.05) is 13.0 Å². The first-order valence-corrected chi connectivity index (χ1v) is 15.7. The van der Waals surface area contributed by atoms with Gasteiger partial charge in [-0.2, -0.15) is 5.26 Å². The number of imide groups is 1. The summed E-state index contributed by atoms with van der Waals surface area (Å²) in [5.41, 5.74) is 1.91. The maximum Gasteiger partial charge on any atom is 0.338 e. The van der Waals surface area contributed by atoms with Crippen LogP contribution in [0.1, 0.15) is 66.7 Å². The van der Waals surface area contributed by atoms with E-state index in [0.29, 0.717) is 45.8 Å². The van der Waals surface area contributed by atoms with Crippen LogP contribution in [0, 0.1) is 34.5 Å². The molecule has 0 N–H and O–H groups in total. The molecule has 0 saturated heterocycles. The molecular formula is C33H30Cl4N2O4. The molecule has 6 nitrogen and oxygen atoms in total. The second-order valence-electron chi connectivity index (χ2n) is 11.8. The number of amides is 2. The zero-order chi connectivity index (χ0) is 31.1. The van der Waals surface area contributed by atoms with Crippen LogP contribution in [0.25, 0.3) is 0 Å². The van der Waals surface area contributed by atoms with E-state index in [4.69, 9.17) is 51.1 Å². The summed E-state index contributed by atoms with van der Waals surface area (Å²) in [6.07, 6.45) is 5.96. The third-order valence-corrected chi connectivity index (χ3v) is 10.1. The number of carbonyl (C=O) groups is 3. The van der Waals surface area contributed by atoms with Gasteiger partial charge in [-0.3, -0.25) is 14.5 Å². The molecule has 2 aromatic rings. The number of benzene rings is 2. The number of nitriles is 1. The lowest BCUT2D eigenvalue weighted by Gasteiger charge is -2.54. The standard InChI is InChI=1S/C33H30Cl4N2O4/c1-18-10-28(43-32(42)20-13-24(36)17-25(37)14-20)30-27(26(18)4-3-8-38)6-5-21-15-29(40)39(9-7-33(21,30)2)31(41)19-11-22(34)16-23(35)12-19/h10-17,26-28,30H,3-7,9H2,1-2H3. The van der Waals surface area contributed by atoms with Crippen molar-refractivity contribution >= 4 is 64.2 Å². The zero-order valence-electron chi connectivity index (χ0n) is 23.7. The summed E-state index contributed by atoms with van der Waals surface area (Å²) < 4.78 is 6.21. The van der Waals surface area contributed by atoms with Gasteiger partial charge in [0.1, 0.15) is 6.10 Å². The molecule has 5 rings (SSSR count). The summed E-state index contributed by atoms with van der Waals surface area (Å²) in [5.74, 6) is -1.39. The number of hydrogen-bond donors (Lipinski definition) is 0. The normalized spacial score (nSPS) is 26.7. The first-order valence-electron chi connectivity index (χ1n) is 14.2. The van der Waals surface area contributed by atoms with Crippen LogP contribution in [0.15, 0.2) is 59.7 Å². The Morgan fingerprint density at radius 3 is 2.23 bits per heavy atom. The van der Waals surface area contributed by atoms with Crippen molar-refractivity contribution in [1.29, 1.82) is 5.26 Å². The molecule has 5 unspecified atom stereocenters. The molecule has 3 aliphatic rings. The predicted molar refractivity (Wildman–Crippen MR) is 167 cm³/mol. The fourth-order valence-corrected chi connectivity index (χ4v) is 8.32. The Labute approximate surface area is 271 Å². The molecule has 0 aromatic heterocycles. The molecule has 1 saturated carbocycles. The highest BCUT2D eigenvalue weighted by Gasteiger charge is 2.54. The molecule has 1 aliphatic heterocycles. The van der Waals surface area contributed by atoms with Crippen LogP contribution < -0.4 is 0 Å². The molecule has 0 radical (unpaired) electrons. The van der Waals surface area contributed by atoms with Gasteiger partial charge in [-0.25, -0.2) is 4.79 Å². The summed E-state index contributed by atoms with van der Waals surface area (Å²) in [6, 6.07) is 11.4. The van der Waals surface area contributed by atoms with E-state index in [1.165, 1.54) is 35.2 Å². The molecular weight excluding hydrogens is 630 g/mol. The van der Waals surface area contributed by atoms with Crippen LogP contribution in [-0.4, -0.2) is 35.3 Å². The fourth-order valence-electron chi connectivity index (χ4n) is 7.27. The number of esters is 1. The van der Waals surface area contributed by atoms with Gasteiger partial charge in [-0.1, -0.05) is 64.5 Å². The van der Waals surface area contributed by atoms with Gasteiger partial charge in [0, 0.05) is 50.6 Å². The molecule has 2 aliphatic carbocycles. The van der Waals surface area contributed by atoms with Crippen molar-refractivity contribution in [2.45, 2.75) is 52.1 Å². The van der Waals surface area contributed by atoms with Crippen LogP contribution in [0.3, 0.4) is 0 Å². The highest BCUT2D eigenvalue weighted by Crippen LogP contribution is 2.58. The maximum absolute atomic E-state index is 13.5. The third kappa shape index (κ3) is 6.37. The Morgan fingerprint density at radius 1 is 1.02 bits per heavy atom. The van der Waals surface area contributed by atoms with E-state index >= 15 is 0 Å². The van der Waals surface area contributed by atoms with Crippen molar-refractivity contribution in [2.24, 2.45) is 23.2 Å². The molecule has 10 heteroatoms. The van der Waals surface area contributed by atoms with Gasteiger partial charge in [0.15, 0.2) is 0 Å². The Kier molecular flexibility index (Phi) is 9.30. The highest BCUT2D eigenvalue weighted by molar-refractivity contribution is 6.35. The average Bonchev–Trinajstić information content (AvgIpc) is 3.06. The summed E-state index contributed by atoms with van der Waals surface area (Å²) in [5, 5.41) is 10.6. The second kappa shape index (κ2) is 12.7. The van der Waals surface area contributed by atoms with Gasteiger partial charge in [-0.05, 0) is 92.3 Å². The van der Waals surface area contributed by atoms with Crippen LogP contribution in [0.5, 0.6) is 0 Å². The largest absolute Gasteiger partial charge is 0.454 e. The lowest BCUT2D eigenvalue weighted by molar-refractivity contribution is -0.123. The lowest BCUT2D eigenvalue weighted by Crippen LogP contribution is -2.51. The van der Waals surface area contributed by atoms with Crippen molar-refractivity contribution in [2.75, 3.05) is 6.54 Å². The number of allylic oxidation sites excluding steroid dienone is 2. The van der Waals surface area contributed by atoms with E-state index in [1.54, 1.807) is 12.1 Å². The van der Waals surface area contributed by atoms with Crippen molar-refractivity contribution in [3.05, 3.63) is 90.9 Å². The van der Waals surface area contributed by atoms with Crippen LogP contribution in [-0.2, 0) is 9.53 Å². The molecule has 1 fully saturated rings. The lowest BCUT2D eigenvalue weighted by atomic mass is 9.51. The molecule has 1 heterocycles. The number of carbonyl (C=O) groups excluding carboxylic acids is 3. The van der Waals surface area contributed by atoms with Gasteiger partial charge in [0.05, 0.1) is 11.6 Å². The van der Waals surface area contributed by atoms with Crippen molar-refractivity contribution in [3.63, 3.8) is 0 Å². The van der Waals surface area contributed by atoms with Crippen LogP contribution >= 0.6 is 46.4 Å². The first kappa shape index (κ1) is 31.6. The van der Waals surface area contributed by atoms with E-state index < -0.39 is 29.3 Å². The topological polar surface area (TPSA) is 87.5 Å². The van der Waals surface area contributed by atoms with Gasteiger partial charge < -0.3 is 4.74 Å². The number of ether oxygens (including phenoxy) is 1. The number of nitrogens with zero attached hydrogens (tertiary/aromatic N) is 2. The van der Waals surface area contributed by atoms with E-state index in [9.17, 15) is 19.6 Å². The van der Waals surface area contributed by atoms with Crippen molar-refractivity contribution < 1.29 is 19.1 Å². The number of fused-ring (bicyclic) bond motifs is 3. The first-order chi connectivity index (χ1) is 20.4. The van der Waals surface area contributed by atoms with Gasteiger partial charge >= 0.3 is 5.97 Å². The monoisotopic (exact) mass is 658 g/mol. The predicted octanol–water partition coefficient (Wildman–Crippen LogP) is 8.74. The SMILES string of the molecule is CC1=CC(OC(=O)c2cc(Cl)cc(Cl)c2)C2C(CCC3=CC(=O)N(C(=O)c4cc(Cl)cc(Cl)c4)CCC32C)C1CCC#N. The average molecular weight is 660 g/mol. The van der Waals surface area contributed by atoms with Gasteiger partial charge in [0.25, 0.3) is 11.8 Å². The van der Waals surface area contributed by atoms with Gasteiger partial charge in [-0.15, -0.1) is 0 Å². The number of halogens is 4. The van der Waals surface area contributed by atoms with Crippen LogP contribution in [0.2, 0.25) is 20.1 Å². The summed E-state index contributed by atoms with van der Waals surface area (Å²) in [6.45, 7) is 4.29.